The second kappa shape index (κ2) is 11.5. The number of rotatable bonds is 5. The molecule has 2 aliphatic heterocycles. The fourth-order valence-electron chi connectivity index (χ4n) is 5.57. The maximum absolute atomic E-state index is 14.0. The summed E-state index contributed by atoms with van der Waals surface area (Å²) in [7, 11) is 0. The SMILES string of the molecule is CC(C)(C)c1ccc(C2c3sc(=O)n(CC(=O)Nc4ccc(Cl)c(Cl)c4)c3SC3C(=O)N(c4ccc(F)cc4)C(=O)C32)cc1. The summed E-state index contributed by atoms with van der Waals surface area (Å²) >= 11 is 14.2. The Morgan fingerprint density at radius 2 is 1.61 bits per heavy atom. The quantitative estimate of drug-likeness (QED) is 0.229. The van der Waals surface area contributed by atoms with E-state index in [1.165, 1.54) is 34.9 Å². The number of anilines is 2. The molecular formula is C32H26Cl2FN3O4S2. The van der Waals surface area contributed by atoms with Crippen molar-refractivity contribution >= 4 is 75.4 Å². The lowest BCUT2D eigenvalue weighted by atomic mass is 9.81. The molecule has 44 heavy (non-hydrogen) atoms. The number of nitrogens with zero attached hydrogens (tertiary/aromatic N) is 2. The Balaban J connectivity index is 1.41. The molecule has 3 atom stereocenters. The molecule has 226 valence electrons. The summed E-state index contributed by atoms with van der Waals surface area (Å²) in [5, 5.41) is 2.96. The standard InChI is InChI=1S/C32H26Cl2FN3O4S2/c1-32(2,3)17-6-4-16(5-7-17)24-25-26(29(41)38(28(25)40)20-11-8-18(35)9-12-20)43-30-27(24)44-31(42)37(30)15-23(39)36-19-10-13-21(33)22(34)14-19/h4-14,24-26H,15H2,1-3H3,(H,36,39). The molecule has 7 nitrogen and oxygen atoms in total. The van der Waals surface area contributed by atoms with Crippen molar-refractivity contribution in [3.05, 3.63) is 108 Å². The number of thiazole rings is 1. The third-order valence-electron chi connectivity index (χ3n) is 7.77. The number of benzene rings is 3. The van der Waals surface area contributed by atoms with Crippen LogP contribution in [0.15, 0.2) is 76.6 Å². The minimum atomic E-state index is -0.856. The van der Waals surface area contributed by atoms with E-state index in [0.29, 0.717) is 20.6 Å². The summed E-state index contributed by atoms with van der Waals surface area (Å²) < 4.78 is 15.0. The summed E-state index contributed by atoms with van der Waals surface area (Å²) in [5.74, 6) is -3.24. The first-order chi connectivity index (χ1) is 20.8. The van der Waals surface area contributed by atoms with Gasteiger partial charge in [0, 0.05) is 16.5 Å². The number of carbonyl (C=O) groups excluding carboxylic acids is 3. The van der Waals surface area contributed by atoms with Crippen LogP contribution in [0, 0.1) is 11.7 Å². The van der Waals surface area contributed by atoms with Gasteiger partial charge in [0.15, 0.2) is 0 Å². The zero-order valence-electron chi connectivity index (χ0n) is 23.8. The van der Waals surface area contributed by atoms with E-state index in [1.54, 1.807) is 12.1 Å². The highest BCUT2D eigenvalue weighted by molar-refractivity contribution is 8.00. The summed E-state index contributed by atoms with van der Waals surface area (Å²) in [6.45, 7) is 5.99. The van der Waals surface area contributed by atoms with Gasteiger partial charge < -0.3 is 5.32 Å². The van der Waals surface area contributed by atoms with Crippen molar-refractivity contribution in [2.24, 2.45) is 5.92 Å². The Bertz CT molecular complexity index is 1870. The molecule has 4 aromatic rings. The predicted molar refractivity (Wildman–Crippen MR) is 173 cm³/mol. The Morgan fingerprint density at radius 3 is 2.25 bits per heavy atom. The molecule has 3 amide bonds. The van der Waals surface area contributed by atoms with Gasteiger partial charge in [0.1, 0.15) is 17.6 Å². The van der Waals surface area contributed by atoms with E-state index in [4.69, 9.17) is 23.2 Å². The van der Waals surface area contributed by atoms with Crippen molar-refractivity contribution in [1.29, 1.82) is 0 Å². The number of carbonyl (C=O) groups is 3. The van der Waals surface area contributed by atoms with Crippen LogP contribution >= 0.6 is 46.3 Å². The molecule has 1 N–H and O–H groups in total. The molecule has 12 heteroatoms. The van der Waals surface area contributed by atoms with Crippen LogP contribution in [0.25, 0.3) is 0 Å². The average molecular weight is 671 g/mol. The average Bonchev–Trinajstić information content (AvgIpc) is 3.41. The van der Waals surface area contributed by atoms with Crippen molar-refractivity contribution in [1.82, 2.24) is 4.57 Å². The van der Waals surface area contributed by atoms with Gasteiger partial charge in [-0.3, -0.25) is 23.7 Å². The molecule has 6 rings (SSSR count). The van der Waals surface area contributed by atoms with Gasteiger partial charge in [-0.25, -0.2) is 9.29 Å². The molecule has 1 saturated heterocycles. The maximum atomic E-state index is 14.0. The van der Waals surface area contributed by atoms with Crippen LogP contribution in [0.5, 0.6) is 0 Å². The van der Waals surface area contributed by atoms with E-state index >= 15 is 0 Å². The monoisotopic (exact) mass is 669 g/mol. The molecular weight excluding hydrogens is 644 g/mol. The van der Waals surface area contributed by atoms with Crippen molar-refractivity contribution in [2.75, 3.05) is 10.2 Å². The number of amides is 3. The number of aromatic nitrogens is 1. The molecule has 0 radical (unpaired) electrons. The fraction of sp³-hybridized carbons (Fsp3) is 0.250. The number of hydrogen-bond acceptors (Lipinski definition) is 6. The van der Waals surface area contributed by atoms with Crippen molar-refractivity contribution < 1.29 is 18.8 Å². The second-order valence-corrected chi connectivity index (χ2v) is 14.6. The Morgan fingerprint density at radius 1 is 0.932 bits per heavy atom. The van der Waals surface area contributed by atoms with Crippen LogP contribution in [0.2, 0.25) is 10.0 Å². The van der Waals surface area contributed by atoms with Gasteiger partial charge in [-0.2, -0.15) is 0 Å². The lowest BCUT2D eigenvalue weighted by molar-refractivity contribution is -0.122. The van der Waals surface area contributed by atoms with Crippen LogP contribution in [0.1, 0.15) is 42.7 Å². The maximum Gasteiger partial charge on any atom is 0.308 e. The molecule has 3 aromatic carbocycles. The fourth-order valence-corrected chi connectivity index (χ4v) is 8.64. The van der Waals surface area contributed by atoms with E-state index in [0.717, 1.165) is 39.1 Å². The smallest absolute Gasteiger partial charge is 0.308 e. The molecule has 3 unspecified atom stereocenters. The molecule has 0 saturated carbocycles. The van der Waals surface area contributed by atoms with Gasteiger partial charge in [-0.15, -0.1) is 0 Å². The Hall–Kier alpha value is -3.44. The van der Waals surface area contributed by atoms with E-state index in [1.807, 2.05) is 24.3 Å². The largest absolute Gasteiger partial charge is 0.324 e. The highest BCUT2D eigenvalue weighted by Crippen LogP contribution is 2.54. The van der Waals surface area contributed by atoms with Crippen LogP contribution in [0.3, 0.4) is 0 Å². The molecule has 2 aliphatic rings. The van der Waals surface area contributed by atoms with E-state index in [2.05, 4.69) is 26.1 Å². The molecule has 0 bridgehead atoms. The van der Waals surface area contributed by atoms with Crippen LogP contribution in [-0.2, 0) is 26.3 Å². The van der Waals surface area contributed by atoms with E-state index in [9.17, 15) is 23.6 Å². The van der Waals surface area contributed by atoms with Gasteiger partial charge >= 0.3 is 4.87 Å². The minimum Gasteiger partial charge on any atom is -0.324 e. The van der Waals surface area contributed by atoms with Gasteiger partial charge in [0.05, 0.1) is 26.7 Å². The summed E-state index contributed by atoms with van der Waals surface area (Å²) in [5.41, 5.74) is 2.46. The first kappa shape index (κ1) is 30.6. The first-order valence-electron chi connectivity index (χ1n) is 13.7. The van der Waals surface area contributed by atoms with Gasteiger partial charge in [-0.1, -0.05) is 91.3 Å². The van der Waals surface area contributed by atoms with Crippen molar-refractivity contribution in [3.63, 3.8) is 0 Å². The van der Waals surface area contributed by atoms with Gasteiger partial charge in [0.2, 0.25) is 17.7 Å². The number of nitrogens with one attached hydrogen (secondary N) is 1. The zero-order valence-corrected chi connectivity index (χ0v) is 26.9. The predicted octanol–water partition coefficient (Wildman–Crippen LogP) is 7.09. The van der Waals surface area contributed by atoms with Gasteiger partial charge in [0.25, 0.3) is 0 Å². The lowest BCUT2D eigenvalue weighted by Crippen LogP contribution is -2.33. The molecule has 1 aromatic heterocycles. The third kappa shape index (κ3) is 5.49. The summed E-state index contributed by atoms with van der Waals surface area (Å²) in [6, 6.07) is 17.7. The second-order valence-electron chi connectivity index (χ2n) is 11.7. The lowest BCUT2D eigenvalue weighted by Gasteiger charge is -2.31. The van der Waals surface area contributed by atoms with Crippen molar-refractivity contribution in [2.45, 2.75) is 48.9 Å². The highest BCUT2D eigenvalue weighted by atomic mass is 35.5. The first-order valence-corrected chi connectivity index (χ1v) is 16.2. The summed E-state index contributed by atoms with van der Waals surface area (Å²) in [6.07, 6.45) is 0. The van der Waals surface area contributed by atoms with Gasteiger partial charge in [-0.05, 0) is 59.0 Å². The van der Waals surface area contributed by atoms with E-state index < -0.39 is 40.6 Å². The van der Waals surface area contributed by atoms with Crippen LogP contribution < -0.4 is 15.1 Å². The number of thioether (sulfide) groups is 1. The Labute approximate surface area is 271 Å². The number of halogens is 3. The normalized spacial score (nSPS) is 19.6. The Kier molecular flexibility index (Phi) is 7.98. The zero-order chi connectivity index (χ0) is 31.5. The number of hydrogen-bond donors (Lipinski definition) is 1. The number of fused-ring (bicyclic) bond motifs is 2. The number of imide groups is 1. The topological polar surface area (TPSA) is 88.5 Å². The molecule has 0 aliphatic carbocycles. The molecule has 3 heterocycles. The van der Waals surface area contributed by atoms with Crippen LogP contribution in [0.4, 0.5) is 15.8 Å². The minimum absolute atomic E-state index is 0.108. The van der Waals surface area contributed by atoms with Crippen LogP contribution in [-0.4, -0.2) is 27.5 Å². The van der Waals surface area contributed by atoms with Crippen molar-refractivity contribution in [3.8, 4) is 0 Å². The third-order valence-corrected chi connectivity index (χ3v) is 11.1. The van der Waals surface area contributed by atoms with E-state index in [-0.39, 0.29) is 27.5 Å². The molecule has 1 fully saturated rings. The molecule has 0 spiro atoms. The highest BCUT2D eigenvalue weighted by Gasteiger charge is 2.56. The summed E-state index contributed by atoms with van der Waals surface area (Å²) in [4.78, 5) is 55.7.